The van der Waals surface area contributed by atoms with Crippen molar-refractivity contribution in [2.45, 2.75) is 64.2 Å². The third kappa shape index (κ3) is 4.19. The van der Waals surface area contributed by atoms with Gasteiger partial charge in [0.05, 0.1) is 6.26 Å². The Labute approximate surface area is 156 Å². The Morgan fingerprint density at radius 2 is 1.54 bits per heavy atom. The molecule has 0 spiro atoms. The van der Waals surface area contributed by atoms with Crippen molar-refractivity contribution < 1.29 is 13.5 Å². The van der Waals surface area contributed by atoms with E-state index in [1.807, 2.05) is 0 Å². The molecule has 26 heavy (non-hydrogen) atoms. The van der Waals surface area contributed by atoms with Crippen LogP contribution in [0.4, 0.5) is 8.78 Å². The van der Waals surface area contributed by atoms with Gasteiger partial charge < -0.3 is 4.74 Å². The van der Waals surface area contributed by atoms with E-state index in [0.29, 0.717) is 11.5 Å². The fraction of sp³-hybridized carbons (Fsp3) is 0.565. The number of hydrogen-bond acceptors (Lipinski definition) is 1. The number of halogens is 2. The molecule has 0 aliphatic heterocycles. The number of hydrogen-bond donors (Lipinski definition) is 0. The highest BCUT2D eigenvalue weighted by Crippen LogP contribution is 2.45. The van der Waals surface area contributed by atoms with Gasteiger partial charge in [-0.1, -0.05) is 18.2 Å². The Kier molecular flexibility index (Phi) is 6.50. The number of benzene rings is 1. The standard InChI is InChI=1S/C23H30F2O/c1-3-15-26-21-14-13-20(22(24)23(21)25)19-11-9-18(10-12-19)17-7-5-16(4-2)6-8-17/h3-4,13-19H,2,5-12H2,1H3/b15-3+. The highest BCUT2D eigenvalue weighted by atomic mass is 19.2. The summed E-state index contributed by atoms with van der Waals surface area (Å²) in [5, 5.41) is 0. The lowest BCUT2D eigenvalue weighted by molar-refractivity contribution is 0.170. The molecule has 0 heterocycles. The maximum absolute atomic E-state index is 14.5. The van der Waals surface area contributed by atoms with Gasteiger partial charge in [-0.3, -0.25) is 0 Å². The van der Waals surface area contributed by atoms with Gasteiger partial charge in [0.15, 0.2) is 11.6 Å². The fourth-order valence-electron chi connectivity index (χ4n) is 4.85. The second-order valence-corrected chi connectivity index (χ2v) is 7.89. The molecule has 0 N–H and O–H groups in total. The van der Waals surface area contributed by atoms with E-state index in [1.165, 1.54) is 31.9 Å². The zero-order valence-corrected chi connectivity index (χ0v) is 15.7. The Balaban J connectivity index is 1.60. The summed E-state index contributed by atoms with van der Waals surface area (Å²) in [5.74, 6) is 0.737. The van der Waals surface area contributed by atoms with E-state index in [-0.39, 0.29) is 11.7 Å². The number of allylic oxidation sites excluding steroid dienone is 2. The predicted molar refractivity (Wildman–Crippen MR) is 102 cm³/mol. The minimum absolute atomic E-state index is 0.0444. The maximum Gasteiger partial charge on any atom is 0.201 e. The van der Waals surface area contributed by atoms with Crippen LogP contribution in [-0.2, 0) is 0 Å². The van der Waals surface area contributed by atoms with Crippen molar-refractivity contribution in [3.8, 4) is 5.75 Å². The van der Waals surface area contributed by atoms with Crippen molar-refractivity contribution in [2.24, 2.45) is 17.8 Å². The van der Waals surface area contributed by atoms with Crippen molar-refractivity contribution in [1.82, 2.24) is 0 Å². The maximum atomic E-state index is 14.5. The van der Waals surface area contributed by atoms with Gasteiger partial charge in [0.25, 0.3) is 0 Å². The normalized spacial score (nSPS) is 29.7. The Bertz CT molecular complexity index is 636. The summed E-state index contributed by atoms with van der Waals surface area (Å²) in [7, 11) is 0. The van der Waals surface area contributed by atoms with Gasteiger partial charge >= 0.3 is 0 Å². The third-order valence-electron chi connectivity index (χ3n) is 6.44. The molecule has 142 valence electrons. The Morgan fingerprint density at radius 1 is 0.923 bits per heavy atom. The topological polar surface area (TPSA) is 9.23 Å². The quantitative estimate of drug-likeness (QED) is 0.400. The zero-order valence-electron chi connectivity index (χ0n) is 15.7. The van der Waals surface area contributed by atoms with Crippen LogP contribution >= 0.6 is 0 Å². The predicted octanol–water partition coefficient (Wildman–Crippen LogP) is 7.14. The Morgan fingerprint density at radius 3 is 2.12 bits per heavy atom. The van der Waals surface area contributed by atoms with E-state index in [1.54, 1.807) is 25.1 Å². The molecule has 3 rings (SSSR count). The lowest BCUT2D eigenvalue weighted by Crippen LogP contribution is -2.25. The van der Waals surface area contributed by atoms with Crippen molar-refractivity contribution in [3.63, 3.8) is 0 Å². The smallest absolute Gasteiger partial charge is 0.201 e. The largest absolute Gasteiger partial charge is 0.462 e. The summed E-state index contributed by atoms with van der Waals surface area (Å²) in [6.45, 7) is 5.69. The molecule has 1 nitrogen and oxygen atoms in total. The van der Waals surface area contributed by atoms with Crippen LogP contribution in [0.15, 0.2) is 37.1 Å². The molecular formula is C23H30F2O. The molecule has 3 heteroatoms. The molecule has 2 aliphatic carbocycles. The van der Waals surface area contributed by atoms with E-state index in [2.05, 4.69) is 12.7 Å². The first-order valence-electron chi connectivity index (χ1n) is 10.0. The third-order valence-corrected chi connectivity index (χ3v) is 6.44. The summed E-state index contributed by atoms with van der Waals surface area (Å²) in [4.78, 5) is 0. The van der Waals surface area contributed by atoms with Crippen molar-refractivity contribution in [3.05, 3.63) is 54.3 Å². The molecule has 0 radical (unpaired) electrons. The van der Waals surface area contributed by atoms with Crippen LogP contribution in [0.5, 0.6) is 5.75 Å². The average molecular weight is 360 g/mol. The van der Waals surface area contributed by atoms with Crippen LogP contribution in [0.1, 0.15) is 69.8 Å². The second-order valence-electron chi connectivity index (χ2n) is 7.89. The lowest BCUT2D eigenvalue weighted by Gasteiger charge is -2.37. The molecule has 2 fully saturated rings. The summed E-state index contributed by atoms with van der Waals surface area (Å²) < 4.78 is 33.9. The minimum Gasteiger partial charge on any atom is -0.462 e. The zero-order chi connectivity index (χ0) is 18.5. The SMILES string of the molecule is C=CC1CCC(C2CCC(c3ccc(O/C=C/C)c(F)c3F)CC2)CC1. The van der Waals surface area contributed by atoms with Gasteiger partial charge in [-0.25, -0.2) is 4.39 Å². The lowest BCUT2D eigenvalue weighted by atomic mass is 9.68. The summed E-state index contributed by atoms with van der Waals surface area (Å²) in [5.41, 5.74) is 0.518. The van der Waals surface area contributed by atoms with Crippen LogP contribution in [0.25, 0.3) is 0 Å². The van der Waals surface area contributed by atoms with Gasteiger partial charge in [-0.2, -0.15) is 4.39 Å². The second kappa shape index (κ2) is 8.83. The molecule has 0 unspecified atom stereocenters. The van der Waals surface area contributed by atoms with Crippen LogP contribution in [0.2, 0.25) is 0 Å². The molecule has 1 aromatic rings. The highest BCUT2D eigenvalue weighted by molar-refractivity contribution is 5.33. The average Bonchev–Trinajstić information content (AvgIpc) is 2.69. The van der Waals surface area contributed by atoms with Crippen LogP contribution in [0, 0.1) is 29.4 Å². The molecule has 2 saturated carbocycles. The van der Waals surface area contributed by atoms with E-state index in [4.69, 9.17) is 4.74 Å². The molecule has 0 bridgehead atoms. The summed E-state index contributed by atoms with van der Waals surface area (Å²) >= 11 is 0. The highest BCUT2D eigenvalue weighted by Gasteiger charge is 2.32. The first-order valence-corrected chi connectivity index (χ1v) is 10.0. The van der Waals surface area contributed by atoms with Crippen molar-refractivity contribution in [1.29, 1.82) is 0 Å². The van der Waals surface area contributed by atoms with Crippen molar-refractivity contribution in [2.75, 3.05) is 0 Å². The first-order chi connectivity index (χ1) is 12.6. The molecule has 2 aliphatic rings. The molecule has 1 aromatic carbocycles. The summed E-state index contributed by atoms with van der Waals surface area (Å²) in [6.07, 6.45) is 14.4. The molecule has 0 atom stereocenters. The van der Waals surface area contributed by atoms with Gasteiger partial charge in [-0.05, 0) is 93.6 Å². The molecule has 0 amide bonds. The number of ether oxygens (including phenoxy) is 1. The van der Waals surface area contributed by atoms with E-state index in [9.17, 15) is 8.78 Å². The first kappa shape index (κ1) is 19.1. The summed E-state index contributed by atoms with van der Waals surface area (Å²) in [6, 6.07) is 3.26. The fourth-order valence-corrected chi connectivity index (χ4v) is 4.85. The van der Waals surface area contributed by atoms with E-state index >= 15 is 0 Å². The molecule has 0 saturated heterocycles. The van der Waals surface area contributed by atoms with Gasteiger partial charge in [-0.15, -0.1) is 6.58 Å². The van der Waals surface area contributed by atoms with E-state index in [0.717, 1.165) is 37.5 Å². The van der Waals surface area contributed by atoms with Crippen molar-refractivity contribution >= 4 is 0 Å². The van der Waals surface area contributed by atoms with Gasteiger partial charge in [0, 0.05) is 0 Å². The van der Waals surface area contributed by atoms with E-state index < -0.39 is 11.6 Å². The Hall–Kier alpha value is -1.64. The van der Waals surface area contributed by atoms with Crippen LogP contribution in [-0.4, -0.2) is 0 Å². The monoisotopic (exact) mass is 360 g/mol. The molecule has 0 aromatic heterocycles. The number of rotatable bonds is 5. The van der Waals surface area contributed by atoms with Crippen LogP contribution < -0.4 is 4.74 Å². The van der Waals surface area contributed by atoms with Crippen LogP contribution in [0.3, 0.4) is 0 Å². The van der Waals surface area contributed by atoms with Gasteiger partial charge in [0.1, 0.15) is 0 Å². The minimum atomic E-state index is -0.870. The molecular weight excluding hydrogens is 330 g/mol. The van der Waals surface area contributed by atoms with Gasteiger partial charge in [0.2, 0.25) is 5.82 Å².